The summed E-state index contributed by atoms with van der Waals surface area (Å²) in [4.78, 5) is 43.0. The predicted molar refractivity (Wildman–Crippen MR) is 114 cm³/mol. The maximum atomic E-state index is 14.0. The summed E-state index contributed by atoms with van der Waals surface area (Å²) in [6.07, 6.45) is 5.20. The van der Waals surface area contributed by atoms with E-state index in [1.807, 2.05) is 13.8 Å². The Balaban J connectivity index is 2.07. The van der Waals surface area contributed by atoms with Gasteiger partial charge in [0, 0.05) is 25.7 Å². The highest BCUT2D eigenvalue weighted by atomic mass is 16.5. The third kappa shape index (κ3) is 3.48. The molecule has 8 heteroatoms. The molecule has 2 amide bonds. The molecule has 174 valence electrons. The fraction of sp³-hybridized carbons (Fsp3) is 0.783. The number of carbonyl (C=O) groups excluding carboxylic acids is 2. The predicted octanol–water partition coefficient (Wildman–Crippen LogP) is 1.81. The lowest BCUT2D eigenvalue weighted by molar-refractivity contribution is -0.158. The number of carboxylic acid groups (broad SMARTS) is 1. The second-order valence-corrected chi connectivity index (χ2v) is 9.20. The maximum absolute atomic E-state index is 14.0. The van der Waals surface area contributed by atoms with Gasteiger partial charge in [-0.2, -0.15) is 0 Å². The highest BCUT2D eigenvalue weighted by molar-refractivity contribution is 5.98. The zero-order chi connectivity index (χ0) is 23.0. The molecule has 0 aliphatic carbocycles. The lowest BCUT2D eigenvalue weighted by Crippen LogP contribution is -2.58. The Morgan fingerprint density at radius 2 is 2.10 bits per heavy atom. The van der Waals surface area contributed by atoms with Crippen LogP contribution in [0.4, 0.5) is 0 Å². The molecule has 6 atom stereocenters. The molecule has 3 rings (SSSR count). The molecule has 0 aromatic heterocycles. The Labute approximate surface area is 184 Å². The van der Waals surface area contributed by atoms with Crippen molar-refractivity contribution in [3.63, 3.8) is 0 Å². The Hall–Kier alpha value is -1.93. The highest BCUT2D eigenvalue weighted by Gasteiger charge is 2.79. The Morgan fingerprint density at radius 1 is 1.39 bits per heavy atom. The van der Waals surface area contributed by atoms with Crippen LogP contribution in [-0.2, 0) is 19.1 Å². The van der Waals surface area contributed by atoms with Crippen molar-refractivity contribution in [3.8, 4) is 0 Å². The Kier molecular flexibility index (Phi) is 6.81. The van der Waals surface area contributed by atoms with Gasteiger partial charge in [0.15, 0.2) is 0 Å². The van der Waals surface area contributed by atoms with Gasteiger partial charge in [0.1, 0.15) is 17.6 Å². The fourth-order valence-corrected chi connectivity index (χ4v) is 6.21. The van der Waals surface area contributed by atoms with Gasteiger partial charge in [-0.15, -0.1) is 6.58 Å². The van der Waals surface area contributed by atoms with E-state index in [9.17, 15) is 24.6 Å². The first-order valence-corrected chi connectivity index (χ1v) is 11.5. The fourth-order valence-electron chi connectivity index (χ4n) is 6.21. The van der Waals surface area contributed by atoms with Crippen LogP contribution < -0.4 is 0 Å². The number of fused-ring (bicyclic) bond motifs is 1. The van der Waals surface area contributed by atoms with E-state index < -0.39 is 35.0 Å². The zero-order valence-corrected chi connectivity index (χ0v) is 18.9. The number of aliphatic carboxylic acids is 1. The first-order valence-electron chi connectivity index (χ1n) is 11.5. The third-order valence-electron chi connectivity index (χ3n) is 7.59. The minimum Gasteiger partial charge on any atom is -0.481 e. The number of carboxylic acids is 1. The summed E-state index contributed by atoms with van der Waals surface area (Å²) in [5.41, 5.74) is -2.04. The first kappa shape index (κ1) is 23.7. The molecule has 0 aromatic rings. The summed E-state index contributed by atoms with van der Waals surface area (Å²) in [6.45, 7) is 10.1. The first-order chi connectivity index (χ1) is 14.7. The van der Waals surface area contributed by atoms with E-state index in [2.05, 4.69) is 13.5 Å². The van der Waals surface area contributed by atoms with Crippen LogP contribution in [0.3, 0.4) is 0 Å². The van der Waals surface area contributed by atoms with Crippen LogP contribution in [0.2, 0.25) is 0 Å². The molecule has 31 heavy (non-hydrogen) atoms. The van der Waals surface area contributed by atoms with Crippen LogP contribution in [0.1, 0.15) is 59.3 Å². The number of nitrogens with zero attached hydrogens (tertiary/aromatic N) is 2. The summed E-state index contributed by atoms with van der Waals surface area (Å²) in [5, 5.41) is 19.4. The van der Waals surface area contributed by atoms with E-state index in [0.29, 0.717) is 32.2 Å². The lowest BCUT2D eigenvalue weighted by Gasteiger charge is -2.39. The van der Waals surface area contributed by atoms with Crippen LogP contribution in [0.15, 0.2) is 12.7 Å². The minimum absolute atomic E-state index is 0.0465. The van der Waals surface area contributed by atoms with Crippen molar-refractivity contribution in [2.24, 2.45) is 11.8 Å². The molecule has 3 heterocycles. The van der Waals surface area contributed by atoms with Crippen LogP contribution in [0, 0.1) is 11.8 Å². The van der Waals surface area contributed by atoms with Gasteiger partial charge in [-0.05, 0) is 39.0 Å². The van der Waals surface area contributed by atoms with E-state index in [0.717, 1.165) is 12.8 Å². The van der Waals surface area contributed by atoms with Gasteiger partial charge in [-0.25, -0.2) is 0 Å². The molecule has 8 nitrogen and oxygen atoms in total. The van der Waals surface area contributed by atoms with Crippen molar-refractivity contribution in [1.82, 2.24) is 9.80 Å². The van der Waals surface area contributed by atoms with E-state index in [1.165, 1.54) is 4.90 Å². The number of aliphatic hydroxyl groups excluding tert-OH is 1. The van der Waals surface area contributed by atoms with E-state index in [4.69, 9.17) is 4.74 Å². The molecule has 3 unspecified atom stereocenters. The molecular weight excluding hydrogens is 400 g/mol. The van der Waals surface area contributed by atoms with Crippen molar-refractivity contribution in [3.05, 3.63) is 12.7 Å². The average Bonchev–Trinajstić information content (AvgIpc) is 3.34. The molecule has 3 fully saturated rings. The number of ether oxygens (including phenoxy) is 1. The lowest BCUT2D eigenvalue weighted by atomic mass is 9.65. The highest BCUT2D eigenvalue weighted by Crippen LogP contribution is 2.64. The summed E-state index contributed by atoms with van der Waals surface area (Å²) in [6, 6.07) is -0.927. The van der Waals surface area contributed by atoms with Crippen LogP contribution in [-0.4, -0.2) is 80.8 Å². The second kappa shape index (κ2) is 8.90. The van der Waals surface area contributed by atoms with Crippen molar-refractivity contribution >= 4 is 17.8 Å². The van der Waals surface area contributed by atoms with Crippen molar-refractivity contribution < 1.29 is 29.3 Å². The summed E-state index contributed by atoms with van der Waals surface area (Å²) >= 11 is 0. The SMILES string of the molecule is C=CCN(C(=O)C1N(CCCO)C(=O)[C@@H]2[C@@H](C(=O)O)[C@@]3(CC)CCC12O3)C(C)CCC. The van der Waals surface area contributed by atoms with Gasteiger partial charge in [0.05, 0.1) is 11.5 Å². The number of rotatable bonds is 11. The minimum atomic E-state index is -1.13. The van der Waals surface area contributed by atoms with Gasteiger partial charge in [0.2, 0.25) is 11.8 Å². The number of carbonyl (C=O) groups is 3. The van der Waals surface area contributed by atoms with E-state index in [-0.39, 0.29) is 31.0 Å². The quantitative estimate of drug-likeness (QED) is 0.479. The number of hydrogen-bond donors (Lipinski definition) is 2. The summed E-state index contributed by atoms with van der Waals surface area (Å²) < 4.78 is 6.50. The maximum Gasteiger partial charge on any atom is 0.310 e. The van der Waals surface area contributed by atoms with Crippen molar-refractivity contribution in [1.29, 1.82) is 0 Å². The monoisotopic (exact) mass is 436 g/mol. The summed E-state index contributed by atoms with van der Waals surface area (Å²) in [5.74, 6) is -3.43. The van der Waals surface area contributed by atoms with Crippen molar-refractivity contribution in [2.45, 2.75) is 82.6 Å². The second-order valence-electron chi connectivity index (χ2n) is 9.20. The molecule has 1 spiro atoms. The third-order valence-corrected chi connectivity index (χ3v) is 7.59. The van der Waals surface area contributed by atoms with Gasteiger partial charge in [-0.1, -0.05) is 26.3 Å². The standard InChI is InChI=1S/C23H36N2O6/c1-5-9-15(4)24(12-6-2)20(28)18-23-11-10-22(7-3,31-23)17(21(29)30)16(23)19(27)25(18)13-8-14-26/h6,15-18,26H,2,5,7-14H2,1,3-4H3,(H,29,30)/t15?,16-,17-,18?,22+,23?/m0/s1. The van der Waals surface area contributed by atoms with Crippen LogP contribution >= 0.6 is 0 Å². The van der Waals surface area contributed by atoms with Crippen LogP contribution in [0.5, 0.6) is 0 Å². The zero-order valence-electron chi connectivity index (χ0n) is 18.9. The molecule has 0 saturated carbocycles. The largest absolute Gasteiger partial charge is 0.481 e. The van der Waals surface area contributed by atoms with Gasteiger partial charge in [-0.3, -0.25) is 14.4 Å². The molecular formula is C23H36N2O6. The molecule has 2 bridgehead atoms. The molecule has 3 aliphatic heterocycles. The number of amides is 2. The topological polar surface area (TPSA) is 107 Å². The van der Waals surface area contributed by atoms with Gasteiger partial charge in [0.25, 0.3) is 0 Å². The molecule has 3 saturated heterocycles. The number of likely N-dealkylation sites (tertiary alicyclic amines) is 1. The van der Waals surface area contributed by atoms with E-state index in [1.54, 1.807) is 11.0 Å². The Bertz CT molecular complexity index is 742. The number of hydrogen-bond acceptors (Lipinski definition) is 5. The summed E-state index contributed by atoms with van der Waals surface area (Å²) in [7, 11) is 0. The molecule has 0 radical (unpaired) electrons. The number of aliphatic hydroxyl groups is 1. The average molecular weight is 437 g/mol. The van der Waals surface area contributed by atoms with Gasteiger partial charge >= 0.3 is 5.97 Å². The molecule has 0 aromatic carbocycles. The normalized spacial score (nSPS) is 34.6. The Morgan fingerprint density at radius 3 is 2.65 bits per heavy atom. The smallest absolute Gasteiger partial charge is 0.310 e. The molecule has 2 N–H and O–H groups in total. The molecule has 3 aliphatic rings. The van der Waals surface area contributed by atoms with Crippen molar-refractivity contribution in [2.75, 3.05) is 19.7 Å². The van der Waals surface area contributed by atoms with Crippen LogP contribution in [0.25, 0.3) is 0 Å². The van der Waals surface area contributed by atoms with E-state index >= 15 is 0 Å². The van der Waals surface area contributed by atoms with Gasteiger partial charge < -0.3 is 24.7 Å².